The topological polar surface area (TPSA) is 31.2 Å². The molecule has 118 valence electrons. The Bertz CT molecular complexity index is 735. The predicted octanol–water partition coefficient (Wildman–Crippen LogP) is 4.07. The second kappa shape index (κ2) is 7.01. The van der Waals surface area contributed by atoms with Crippen LogP contribution in [-0.4, -0.2) is 11.2 Å². The fourth-order valence-corrected chi connectivity index (χ4v) is 2.74. The highest BCUT2D eigenvalue weighted by Gasteiger charge is 2.09. The molecule has 0 aliphatic heterocycles. The Kier molecular flexibility index (Phi) is 5.30. The van der Waals surface area contributed by atoms with E-state index in [9.17, 15) is 4.79 Å². The molecule has 1 aromatic carbocycles. The lowest BCUT2D eigenvalue weighted by Gasteiger charge is -2.14. The van der Waals surface area contributed by atoms with E-state index >= 15 is 0 Å². The molecule has 3 nitrogen and oxygen atoms in total. The quantitative estimate of drug-likeness (QED) is 0.832. The van der Waals surface area contributed by atoms with E-state index in [0.29, 0.717) is 13.2 Å². The number of rotatable bonds is 5. The zero-order chi connectivity index (χ0) is 16.3. The van der Waals surface area contributed by atoms with E-state index in [0.717, 1.165) is 34.6 Å². The van der Waals surface area contributed by atoms with Gasteiger partial charge in [-0.1, -0.05) is 23.7 Å². The first kappa shape index (κ1) is 16.6. The Balaban J connectivity index is 2.24. The summed E-state index contributed by atoms with van der Waals surface area (Å²) in [7, 11) is 0. The van der Waals surface area contributed by atoms with Gasteiger partial charge >= 0.3 is 0 Å². The number of aromatic nitrogens is 1. The van der Waals surface area contributed by atoms with Crippen molar-refractivity contribution < 1.29 is 4.74 Å². The molecule has 0 spiro atoms. The monoisotopic (exact) mass is 319 g/mol. The molecule has 0 N–H and O–H groups in total. The Morgan fingerprint density at radius 1 is 1.14 bits per heavy atom. The Morgan fingerprint density at radius 3 is 2.55 bits per heavy atom. The molecule has 0 unspecified atom stereocenters. The molecule has 2 aromatic rings. The van der Waals surface area contributed by atoms with Crippen LogP contribution in [0.2, 0.25) is 5.02 Å². The average molecular weight is 320 g/mol. The lowest BCUT2D eigenvalue weighted by atomic mass is 10.1. The van der Waals surface area contributed by atoms with E-state index < -0.39 is 0 Å². The maximum Gasteiger partial charge on any atom is 0.269 e. The molecule has 0 atom stereocenters. The third kappa shape index (κ3) is 3.53. The minimum absolute atomic E-state index is 0.123. The first-order valence-corrected chi connectivity index (χ1v) is 7.90. The van der Waals surface area contributed by atoms with E-state index in [1.165, 1.54) is 0 Å². The van der Waals surface area contributed by atoms with Crippen molar-refractivity contribution in [1.29, 1.82) is 0 Å². The molecule has 0 amide bonds. The number of nitrogens with zero attached hydrogens (tertiary/aromatic N) is 1. The van der Waals surface area contributed by atoms with Gasteiger partial charge in [0.05, 0.1) is 6.61 Å². The molecule has 0 saturated carbocycles. The standard InChI is InChI=1S/C18H22ClNO2/c1-5-22-17-11-15(7-6-12(17)2)8-9-20-14(4)13(3)10-16(19)18(20)21/h6-7,10-11H,5,8-9H2,1-4H3. The van der Waals surface area contributed by atoms with Crippen molar-refractivity contribution in [3.8, 4) is 5.75 Å². The zero-order valence-corrected chi connectivity index (χ0v) is 14.3. The van der Waals surface area contributed by atoms with Crippen molar-refractivity contribution >= 4 is 11.6 Å². The maximum absolute atomic E-state index is 12.2. The third-order valence-electron chi connectivity index (χ3n) is 3.94. The second-order valence-corrected chi connectivity index (χ2v) is 5.91. The maximum atomic E-state index is 12.2. The van der Waals surface area contributed by atoms with E-state index in [2.05, 4.69) is 18.2 Å². The van der Waals surface area contributed by atoms with Gasteiger partial charge in [0.25, 0.3) is 5.56 Å². The van der Waals surface area contributed by atoms with Crippen LogP contribution in [0.1, 0.15) is 29.3 Å². The summed E-state index contributed by atoms with van der Waals surface area (Å²) in [5.41, 5.74) is 4.15. The largest absolute Gasteiger partial charge is 0.494 e. The Morgan fingerprint density at radius 2 is 1.86 bits per heavy atom. The van der Waals surface area contributed by atoms with E-state index in [1.807, 2.05) is 27.7 Å². The molecular weight excluding hydrogens is 298 g/mol. The number of halogens is 1. The summed E-state index contributed by atoms with van der Waals surface area (Å²) in [6, 6.07) is 7.92. The molecule has 0 bridgehead atoms. The van der Waals surface area contributed by atoms with Crippen LogP contribution < -0.4 is 10.3 Å². The number of aryl methyl sites for hydroxylation is 3. The van der Waals surface area contributed by atoms with Crippen molar-refractivity contribution in [3.05, 3.63) is 62.0 Å². The molecule has 4 heteroatoms. The Hall–Kier alpha value is -1.74. The molecule has 22 heavy (non-hydrogen) atoms. The lowest BCUT2D eigenvalue weighted by molar-refractivity contribution is 0.337. The number of ether oxygens (including phenoxy) is 1. The summed E-state index contributed by atoms with van der Waals surface area (Å²) >= 11 is 6.01. The van der Waals surface area contributed by atoms with Crippen molar-refractivity contribution in [2.45, 2.75) is 40.7 Å². The SMILES string of the molecule is CCOc1cc(CCn2c(C)c(C)cc(Cl)c2=O)ccc1C. The van der Waals surface area contributed by atoms with Gasteiger partial charge in [0, 0.05) is 12.2 Å². The van der Waals surface area contributed by atoms with Gasteiger partial charge in [-0.25, -0.2) is 0 Å². The van der Waals surface area contributed by atoms with Gasteiger partial charge in [-0.2, -0.15) is 0 Å². The predicted molar refractivity (Wildman–Crippen MR) is 91.2 cm³/mol. The summed E-state index contributed by atoms with van der Waals surface area (Å²) in [4.78, 5) is 12.2. The summed E-state index contributed by atoms with van der Waals surface area (Å²) in [6.07, 6.45) is 0.765. The van der Waals surface area contributed by atoms with Crippen LogP contribution in [0.25, 0.3) is 0 Å². The molecule has 1 heterocycles. The van der Waals surface area contributed by atoms with Crippen molar-refractivity contribution in [1.82, 2.24) is 4.57 Å². The minimum atomic E-state index is -0.123. The van der Waals surface area contributed by atoms with Crippen LogP contribution in [0.15, 0.2) is 29.1 Å². The highest BCUT2D eigenvalue weighted by Crippen LogP contribution is 2.20. The lowest BCUT2D eigenvalue weighted by Crippen LogP contribution is -2.24. The second-order valence-electron chi connectivity index (χ2n) is 5.50. The van der Waals surface area contributed by atoms with E-state index in [4.69, 9.17) is 16.3 Å². The van der Waals surface area contributed by atoms with Crippen LogP contribution in [0.5, 0.6) is 5.75 Å². The third-order valence-corrected chi connectivity index (χ3v) is 4.22. The molecule has 0 fully saturated rings. The number of pyridine rings is 1. The van der Waals surface area contributed by atoms with Crippen LogP contribution in [-0.2, 0) is 13.0 Å². The highest BCUT2D eigenvalue weighted by atomic mass is 35.5. The number of hydrogen-bond donors (Lipinski definition) is 0. The van der Waals surface area contributed by atoms with Gasteiger partial charge in [0.2, 0.25) is 0 Å². The average Bonchev–Trinajstić information content (AvgIpc) is 2.48. The molecule has 0 saturated heterocycles. The summed E-state index contributed by atoms with van der Waals surface area (Å²) < 4.78 is 7.37. The van der Waals surface area contributed by atoms with Crippen LogP contribution in [0.4, 0.5) is 0 Å². The van der Waals surface area contributed by atoms with E-state index in [1.54, 1.807) is 10.6 Å². The molecule has 0 radical (unpaired) electrons. The molecule has 0 aliphatic carbocycles. The summed E-state index contributed by atoms with van der Waals surface area (Å²) in [6.45, 7) is 9.19. The van der Waals surface area contributed by atoms with Gasteiger partial charge in [-0.15, -0.1) is 0 Å². The number of hydrogen-bond acceptors (Lipinski definition) is 2. The highest BCUT2D eigenvalue weighted by molar-refractivity contribution is 6.30. The zero-order valence-electron chi connectivity index (χ0n) is 13.6. The van der Waals surface area contributed by atoms with Gasteiger partial charge < -0.3 is 9.30 Å². The van der Waals surface area contributed by atoms with Crippen molar-refractivity contribution in [3.63, 3.8) is 0 Å². The van der Waals surface area contributed by atoms with Gasteiger partial charge in [0.1, 0.15) is 10.8 Å². The molecule has 0 aliphatic rings. The van der Waals surface area contributed by atoms with Crippen LogP contribution in [0, 0.1) is 20.8 Å². The normalized spacial score (nSPS) is 10.8. The first-order chi connectivity index (χ1) is 10.4. The molecule has 1 aromatic heterocycles. The minimum Gasteiger partial charge on any atom is -0.494 e. The van der Waals surface area contributed by atoms with Crippen LogP contribution >= 0.6 is 11.6 Å². The smallest absolute Gasteiger partial charge is 0.269 e. The van der Waals surface area contributed by atoms with Crippen molar-refractivity contribution in [2.75, 3.05) is 6.61 Å². The molecular formula is C18H22ClNO2. The molecule has 2 rings (SSSR count). The first-order valence-electron chi connectivity index (χ1n) is 7.53. The summed E-state index contributed by atoms with van der Waals surface area (Å²) in [5, 5.41) is 0.280. The fraction of sp³-hybridized carbons (Fsp3) is 0.389. The Labute approximate surface area is 136 Å². The fourth-order valence-electron chi connectivity index (χ4n) is 2.47. The van der Waals surface area contributed by atoms with Gasteiger partial charge in [-0.05, 0) is 62.9 Å². The van der Waals surface area contributed by atoms with Gasteiger partial charge in [-0.3, -0.25) is 4.79 Å². The van der Waals surface area contributed by atoms with Gasteiger partial charge in [0.15, 0.2) is 0 Å². The number of benzene rings is 1. The van der Waals surface area contributed by atoms with Crippen LogP contribution in [0.3, 0.4) is 0 Å². The van der Waals surface area contributed by atoms with E-state index in [-0.39, 0.29) is 10.6 Å². The van der Waals surface area contributed by atoms with Crippen molar-refractivity contribution in [2.24, 2.45) is 0 Å². The summed E-state index contributed by atoms with van der Waals surface area (Å²) in [5.74, 6) is 0.909.